The van der Waals surface area contributed by atoms with Gasteiger partial charge in [0.05, 0.1) is 6.61 Å². The largest absolute Gasteiger partial charge is 0.444 e. The third kappa shape index (κ3) is 6.15. The molecule has 1 aromatic rings. The van der Waals surface area contributed by atoms with Crippen LogP contribution in [0.15, 0.2) is 22.7 Å². The fourth-order valence-corrected chi connectivity index (χ4v) is 3.06. The Morgan fingerprint density at radius 3 is 2.60 bits per heavy atom. The van der Waals surface area contributed by atoms with Crippen LogP contribution < -0.4 is 0 Å². The lowest BCUT2D eigenvalue weighted by atomic mass is 10.0. The molecule has 5 heteroatoms. The molecule has 0 radical (unpaired) electrons. The van der Waals surface area contributed by atoms with E-state index in [2.05, 4.69) is 41.1 Å². The highest BCUT2D eigenvalue weighted by Crippen LogP contribution is 2.31. The van der Waals surface area contributed by atoms with Crippen molar-refractivity contribution in [3.8, 4) is 0 Å². The van der Waals surface area contributed by atoms with Crippen LogP contribution in [0.25, 0.3) is 6.08 Å². The summed E-state index contributed by atoms with van der Waals surface area (Å²) in [6.45, 7) is 8.91. The Morgan fingerprint density at radius 2 is 2.04 bits per heavy atom. The summed E-state index contributed by atoms with van der Waals surface area (Å²) in [5.74, 6) is 0. The van der Waals surface area contributed by atoms with Crippen molar-refractivity contribution < 1.29 is 14.3 Å². The molecule has 25 heavy (non-hydrogen) atoms. The van der Waals surface area contributed by atoms with E-state index in [9.17, 15) is 4.79 Å². The van der Waals surface area contributed by atoms with Crippen molar-refractivity contribution in [2.24, 2.45) is 0 Å². The van der Waals surface area contributed by atoms with Gasteiger partial charge in [0.25, 0.3) is 0 Å². The smallest absolute Gasteiger partial charge is 0.410 e. The van der Waals surface area contributed by atoms with Gasteiger partial charge in [-0.2, -0.15) is 0 Å². The van der Waals surface area contributed by atoms with Crippen LogP contribution in [-0.2, 0) is 16.0 Å². The lowest BCUT2D eigenvalue weighted by molar-refractivity contribution is 0.0216. The van der Waals surface area contributed by atoms with Gasteiger partial charge in [-0.25, -0.2) is 4.79 Å². The summed E-state index contributed by atoms with van der Waals surface area (Å²) in [6.07, 6.45) is 5.91. The second-order valence-electron chi connectivity index (χ2n) is 7.49. The maximum Gasteiger partial charge on any atom is 0.410 e. The Morgan fingerprint density at radius 1 is 1.36 bits per heavy atom. The highest BCUT2D eigenvalue weighted by atomic mass is 79.9. The molecule has 0 atom stereocenters. The molecule has 0 bridgehead atoms. The van der Waals surface area contributed by atoms with Crippen LogP contribution in [0.2, 0.25) is 0 Å². The Kier molecular flexibility index (Phi) is 6.69. The number of carbonyl (C=O) groups is 1. The van der Waals surface area contributed by atoms with Crippen LogP contribution in [0, 0.1) is 6.92 Å². The monoisotopic (exact) mass is 409 g/mol. The minimum absolute atomic E-state index is 0.233. The number of hydrogen-bond donors (Lipinski definition) is 0. The molecule has 1 fully saturated rings. The summed E-state index contributed by atoms with van der Waals surface area (Å²) in [7, 11) is 1.68. The molecule has 138 valence electrons. The second-order valence-corrected chi connectivity index (χ2v) is 8.34. The van der Waals surface area contributed by atoms with E-state index in [0.29, 0.717) is 19.2 Å². The fraction of sp³-hybridized carbons (Fsp3) is 0.550. The van der Waals surface area contributed by atoms with Gasteiger partial charge < -0.3 is 14.4 Å². The third-order valence-electron chi connectivity index (χ3n) is 3.97. The molecule has 1 aliphatic carbocycles. The summed E-state index contributed by atoms with van der Waals surface area (Å²) in [6, 6.07) is 4.51. The normalized spacial score (nSPS) is 14.8. The Labute approximate surface area is 159 Å². The van der Waals surface area contributed by atoms with Gasteiger partial charge in [0.15, 0.2) is 0 Å². The molecule has 0 aliphatic heterocycles. The number of carbonyl (C=O) groups excluding carboxylic acids is 1. The van der Waals surface area contributed by atoms with Gasteiger partial charge in [-0.3, -0.25) is 0 Å². The second kappa shape index (κ2) is 8.37. The van der Waals surface area contributed by atoms with E-state index in [4.69, 9.17) is 9.47 Å². The van der Waals surface area contributed by atoms with Gasteiger partial charge in [-0.15, -0.1) is 0 Å². The first-order valence-corrected chi connectivity index (χ1v) is 9.44. The summed E-state index contributed by atoms with van der Waals surface area (Å²) in [4.78, 5) is 14.4. The van der Waals surface area contributed by atoms with Gasteiger partial charge in [-0.1, -0.05) is 28.1 Å². The number of hydrogen-bond acceptors (Lipinski definition) is 3. The van der Waals surface area contributed by atoms with Crippen molar-refractivity contribution in [3.05, 3.63) is 39.4 Å². The Balaban J connectivity index is 2.20. The maximum atomic E-state index is 12.6. The van der Waals surface area contributed by atoms with Crippen molar-refractivity contribution >= 4 is 28.1 Å². The molecule has 0 heterocycles. The van der Waals surface area contributed by atoms with Crippen LogP contribution in [0.3, 0.4) is 0 Å². The van der Waals surface area contributed by atoms with E-state index < -0.39 is 5.60 Å². The average Bonchev–Trinajstić information content (AvgIpc) is 3.32. The first kappa shape index (κ1) is 20.0. The molecule has 0 aromatic heterocycles. The lowest BCUT2D eigenvalue weighted by Gasteiger charge is -2.27. The minimum Gasteiger partial charge on any atom is -0.444 e. The predicted molar refractivity (Wildman–Crippen MR) is 105 cm³/mol. The highest BCUT2D eigenvalue weighted by Gasteiger charge is 2.35. The Bertz CT molecular complexity index is 645. The van der Waals surface area contributed by atoms with Gasteiger partial charge in [0.1, 0.15) is 5.60 Å². The van der Waals surface area contributed by atoms with E-state index in [1.807, 2.05) is 31.7 Å². The lowest BCUT2D eigenvalue weighted by Crippen LogP contribution is -2.37. The number of halogens is 1. The molecule has 2 rings (SSSR count). The van der Waals surface area contributed by atoms with Gasteiger partial charge >= 0.3 is 6.09 Å². The quantitative estimate of drug-likeness (QED) is 0.638. The van der Waals surface area contributed by atoms with Crippen molar-refractivity contribution in [2.75, 3.05) is 13.7 Å². The molecule has 0 N–H and O–H groups in total. The van der Waals surface area contributed by atoms with Crippen LogP contribution in [0.4, 0.5) is 4.79 Å². The molecule has 1 amide bonds. The van der Waals surface area contributed by atoms with Crippen LogP contribution in [0.1, 0.15) is 50.3 Å². The first-order chi connectivity index (χ1) is 11.7. The maximum absolute atomic E-state index is 12.6. The van der Waals surface area contributed by atoms with Gasteiger partial charge in [-0.05, 0) is 69.4 Å². The van der Waals surface area contributed by atoms with E-state index in [1.165, 1.54) is 5.56 Å². The SMILES string of the molecule is COCC=Cc1cc(CN(C(=O)OC(C)(C)C)C2CC2)cc(Br)c1C. The van der Waals surface area contributed by atoms with E-state index in [0.717, 1.165) is 28.4 Å². The Hall–Kier alpha value is -1.33. The van der Waals surface area contributed by atoms with Gasteiger partial charge in [0.2, 0.25) is 0 Å². The molecule has 0 saturated heterocycles. The minimum atomic E-state index is -0.480. The number of amides is 1. The van der Waals surface area contributed by atoms with Crippen molar-refractivity contribution in [3.63, 3.8) is 0 Å². The molecule has 0 spiro atoms. The zero-order valence-electron chi connectivity index (χ0n) is 15.8. The molecule has 1 saturated carbocycles. The van der Waals surface area contributed by atoms with E-state index in [1.54, 1.807) is 7.11 Å². The molecular weight excluding hydrogens is 382 g/mol. The molecule has 4 nitrogen and oxygen atoms in total. The topological polar surface area (TPSA) is 38.8 Å². The molecule has 1 aromatic carbocycles. The van der Waals surface area contributed by atoms with Crippen LogP contribution in [0.5, 0.6) is 0 Å². The average molecular weight is 410 g/mol. The number of benzene rings is 1. The first-order valence-electron chi connectivity index (χ1n) is 8.65. The number of rotatable bonds is 6. The zero-order chi connectivity index (χ0) is 18.6. The van der Waals surface area contributed by atoms with E-state index >= 15 is 0 Å². The molecule has 0 unspecified atom stereocenters. The van der Waals surface area contributed by atoms with Crippen molar-refractivity contribution in [2.45, 2.75) is 58.7 Å². The van der Waals surface area contributed by atoms with Crippen LogP contribution in [-0.4, -0.2) is 36.4 Å². The standard InChI is InChI=1S/C20H28BrNO3/c1-14-16(7-6-10-24-5)11-15(12-18(14)21)13-22(17-8-9-17)19(23)25-20(2,3)4/h6-7,11-12,17H,8-10,13H2,1-5H3. The predicted octanol–water partition coefficient (Wildman–Crippen LogP) is 5.32. The molecule has 1 aliphatic rings. The fourth-order valence-electron chi connectivity index (χ4n) is 2.54. The number of nitrogens with zero attached hydrogens (tertiary/aromatic N) is 1. The summed E-state index contributed by atoms with van der Waals surface area (Å²) >= 11 is 3.63. The van der Waals surface area contributed by atoms with E-state index in [-0.39, 0.29) is 6.09 Å². The molecular formula is C20H28BrNO3. The highest BCUT2D eigenvalue weighted by molar-refractivity contribution is 9.10. The third-order valence-corrected chi connectivity index (χ3v) is 4.80. The summed E-state index contributed by atoms with van der Waals surface area (Å²) < 4.78 is 11.7. The van der Waals surface area contributed by atoms with Crippen LogP contribution >= 0.6 is 15.9 Å². The zero-order valence-corrected chi connectivity index (χ0v) is 17.4. The van der Waals surface area contributed by atoms with Gasteiger partial charge in [0, 0.05) is 24.2 Å². The summed E-state index contributed by atoms with van der Waals surface area (Å²) in [5, 5.41) is 0. The van der Waals surface area contributed by atoms with Crippen molar-refractivity contribution in [1.82, 2.24) is 4.90 Å². The number of ether oxygens (including phenoxy) is 2. The van der Waals surface area contributed by atoms with Crippen molar-refractivity contribution in [1.29, 1.82) is 0 Å². The number of methoxy groups -OCH3 is 1. The summed E-state index contributed by atoms with van der Waals surface area (Å²) in [5.41, 5.74) is 2.91.